The van der Waals surface area contributed by atoms with E-state index in [9.17, 15) is 4.79 Å². The van der Waals surface area contributed by atoms with Crippen LogP contribution in [0.3, 0.4) is 0 Å². The van der Waals surface area contributed by atoms with Crippen LogP contribution in [-0.4, -0.2) is 37.6 Å². The Morgan fingerprint density at radius 1 is 1.40 bits per heavy atom. The number of hydrogen-bond acceptors (Lipinski definition) is 4. The second-order valence-corrected chi connectivity index (χ2v) is 3.38. The number of esters is 1. The van der Waals surface area contributed by atoms with Crippen LogP contribution in [0.2, 0.25) is 0 Å². The molecule has 4 nitrogen and oxygen atoms in total. The van der Waals surface area contributed by atoms with Gasteiger partial charge in [-0.3, -0.25) is 4.79 Å². The summed E-state index contributed by atoms with van der Waals surface area (Å²) in [5, 5.41) is 8.37. The highest BCUT2D eigenvalue weighted by Gasteiger charge is 2.05. The highest BCUT2D eigenvalue weighted by atomic mass is 16.5. The summed E-state index contributed by atoms with van der Waals surface area (Å²) in [5.74, 6) is -0.162. The van der Waals surface area contributed by atoms with E-state index in [2.05, 4.69) is 22.6 Å². The van der Waals surface area contributed by atoms with Gasteiger partial charge < -0.3 is 9.64 Å². The number of carbonyl (C=O) groups excluding carboxylic acids is 1. The van der Waals surface area contributed by atoms with Gasteiger partial charge in [-0.25, -0.2) is 0 Å². The Hall–Kier alpha value is -1.08. The van der Waals surface area contributed by atoms with Gasteiger partial charge in [0.15, 0.2) is 0 Å². The molecule has 0 spiro atoms. The fourth-order valence-electron chi connectivity index (χ4n) is 1.32. The first-order valence-electron chi connectivity index (χ1n) is 5.40. The molecule has 0 radical (unpaired) electrons. The van der Waals surface area contributed by atoms with Crippen LogP contribution >= 0.6 is 0 Å². The predicted octanol–water partition coefficient (Wildman–Crippen LogP) is 1.57. The molecule has 0 saturated carbocycles. The van der Waals surface area contributed by atoms with Crippen LogP contribution in [-0.2, 0) is 9.53 Å². The van der Waals surface area contributed by atoms with E-state index in [4.69, 9.17) is 5.26 Å². The molecular formula is C11H20N2O2. The second-order valence-electron chi connectivity index (χ2n) is 3.38. The molecule has 0 aliphatic rings. The zero-order chi connectivity index (χ0) is 11.5. The molecule has 15 heavy (non-hydrogen) atoms. The first-order chi connectivity index (χ1) is 7.24. The number of unbranched alkanes of at least 4 members (excludes halogenated alkanes) is 2. The molecule has 0 aliphatic carbocycles. The molecule has 0 unspecified atom stereocenters. The molecule has 0 atom stereocenters. The summed E-state index contributed by atoms with van der Waals surface area (Å²) >= 11 is 0. The number of rotatable bonds is 8. The van der Waals surface area contributed by atoms with Crippen molar-refractivity contribution in [2.45, 2.75) is 32.6 Å². The van der Waals surface area contributed by atoms with Crippen LogP contribution < -0.4 is 0 Å². The smallest absolute Gasteiger partial charge is 0.306 e. The molecule has 0 aromatic rings. The van der Waals surface area contributed by atoms with Crippen LogP contribution in [0.5, 0.6) is 0 Å². The van der Waals surface area contributed by atoms with Crippen LogP contribution in [0.15, 0.2) is 0 Å². The van der Waals surface area contributed by atoms with Crippen LogP contribution in [0.1, 0.15) is 32.6 Å². The zero-order valence-electron chi connectivity index (χ0n) is 9.66. The minimum atomic E-state index is -0.162. The quantitative estimate of drug-likeness (QED) is 0.452. The number of carbonyl (C=O) groups is 1. The lowest BCUT2D eigenvalue weighted by Crippen LogP contribution is -2.27. The van der Waals surface area contributed by atoms with Crippen LogP contribution in [0, 0.1) is 11.3 Å². The van der Waals surface area contributed by atoms with E-state index in [0.29, 0.717) is 12.8 Å². The van der Waals surface area contributed by atoms with Gasteiger partial charge in [0.1, 0.15) is 0 Å². The highest BCUT2D eigenvalue weighted by Crippen LogP contribution is 1.99. The van der Waals surface area contributed by atoms with Gasteiger partial charge >= 0.3 is 5.97 Å². The number of methoxy groups -OCH3 is 1. The van der Waals surface area contributed by atoms with Crippen molar-refractivity contribution >= 4 is 5.97 Å². The summed E-state index contributed by atoms with van der Waals surface area (Å²) in [7, 11) is 1.41. The molecule has 0 aliphatic heterocycles. The van der Waals surface area contributed by atoms with Crippen molar-refractivity contribution in [3.63, 3.8) is 0 Å². The van der Waals surface area contributed by atoms with Gasteiger partial charge in [0.2, 0.25) is 0 Å². The van der Waals surface area contributed by atoms with Crippen molar-refractivity contribution < 1.29 is 9.53 Å². The highest BCUT2D eigenvalue weighted by molar-refractivity contribution is 5.69. The molecule has 0 aromatic carbocycles. The standard InChI is InChI=1S/C11H20N2O2/c1-3-13(9-6-4-5-8-12)10-7-11(14)15-2/h3-7,9-10H2,1-2H3. The Balaban J connectivity index is 3.55. The van der Waals surface area contributed by atoms with Crippen molar-refractivity contribution in [3.05, 3.63) is 0 Å². The van der Waals surface area contributed by atoms with Gasteiger partial charge in [-0.1, -0.05) is 6.92 Å². The van der Waals surface area contributed by atoms with Crippen molar-refractivity contribution in [2.75, 3.05) is 26.7 Å². The van der Waals surface area contributed by atoms with E-state index in [1.54, 1.807) is 0 Å². The van der Waals surface area contributed by atoms with E-state index in [-0.39, 0.29) is 5.97 Å². The summed E-state index contributed by atoms with van der Waals surface area (Å²) < 4.78 is 4.58. The first-order valence-corrected chi connectivity index (χ1v) is 5.40. The van der Waals surface area contributed by atoms with Crippen molar-refractivity contribution in [1.82, 2.24) is 4.90 Å². The summed E-state index contributed by atoms with van der Waals surface area (Å²) in [6.07, 6.45) is 3.02. The number of ether oxygens (including phenoxy) is 1. The molecule has 0 bridgehead atoms. The minimum Gasteiger partial charge on any atom is -0.469 e. The van der Waals surface area contributed by atoms with Crippen LogP contribution in [0.4, 0.5) is 0 Å². The van der Waals surface area contributed by atoms with Crippen molar-refractivity contribution in [2.24, 2.45) is 0 Å². The van der Waals surface area contributed by atoms with Crippen molar-refractivity contribution in [1.29, 1.82) is 5.26 Å². The Kier molecular flexibility index (Phi) is 8.79. The summed E-state index contributed by atoms with van der Waals surface area (Å²) in [6.45, 7) is 4.70. The maximum absolute atomic E-state index is 10.9. The van der Waals surface area contributed by atoms with Gasteiger partial charge in [0.25, 0.3) is 0 Å². The fraction of sp³-hybridized carbons (Fsp3) is 0.818. The van der Waals surface area contributed by atoms with Crippen molar-refractivity contribution in [3.8, 4) is 6.07 Å². The average molecular weight is 212 g/mol. The molecule has 86 valence electrons. The molecule has 0 N–H and O–H groups in total. The lowest BCUT2D eigenvalue weighted by Gasteiger charge is -2.19. The maximum Gasteiger partial charge on any atom is 0.306 e. The molecular weight excluding hydrogens is 192 g/mol. The zero-order valence-corrected chi connectivity index (χ0v) is 9.66. The molecule has 0 rings (SSSR count). The van der Waals surface area contributed by atoms with E-state index in [1.807, 2.05) is 0 Å². The van der Waals surface area contributed by atoms with Crippen LogP contribution in [0.25, 0.3) is 0 Å². The topological polar surface area (TPSA) is 53.3 Å². The van der Waals surface area contributed by atoms with E-state index in [1.165, 1.54) is 7.11 Å². The third kappa shape index (κ3) is 7.95. The number of hydrogen-bond donors (Lipinski definition) is 0. The lowest BCUT2D eigenvalue weighted by molar-refractivity contribution is -0.140. The third-order valence-electron chi connectivity index (χ3n) is 2.32. The monoisotopic (exact) mass is 212 g/mol. The minimum absolute atomic E-state index is 0.162. The molecule has 0 fully saturated rings. The van der Waals surface area contributed by atoms with Gasteiger partial charge in [0.05, 0.1) is 19.6 Å². The second kappa shape index (κ2) is 9.47. The van der Waals surface area contributed by atoms with E-state index in [0.717, 1.165) is 32.5 Å². The molecule has 4 heteroatoms. The molecule has 0 heterocycles. The molecule has 0 saturated heterocycles. The molecule has 0 amide bonds. The van der Waals surface area contributed by atoms with Gasteiger partial charge in [-0.2, -0.15) is 5.26 Å². The van der Waals surface area contributed by atoms with Gasteiger partial charge in [-0.15, -0.1) is 0 Å². The van der Waals surface area contributed by atoms with Gasteiger partial charge in [-0.05, 0) is 25.9 Å². The summed E-state index contributed by atoms with van der Waals surface area (Å²) in [5.41, 5.74) is 0. The lowest BCUT2D eigenvalue weighted by atomic mass is 10.2. The average Bonchev–Trinajstić information content (AvgIpc) is 2.27. The third-order valence-corrected chi connectivity index (χ3v) is 2.32. The van der Waals surface area contributed by atoms with E-state index < -0.39 is 0 Å². The maximum atomic E-state index is 10.9. The predicted molar refractivity (Wildman–Crippen MR) is 58.2 cm³/mol. The Morgan fingerprint density at radius 2 is 2.13 bits per heavy atom. The Morgan fingerprint density at radius 3 is 2.67 bits per heavy atom. The Labute approximate surface area is 91.8 Å². The van der Waals surface area contributed by atoms with Gasteiger partial charge in [0, 0.05) is 13.0 Å². The largest absolute Gasteiger partial charge is 0.469 e. The van der Waals surface area contributed by atoms with E-state index >= 15 is 0 Å². The Bertz CT molecular complexity index is 211. The molecule has 0 aromatic heterocycles. The summed E-state index contributed by atoms with van der Waals surface area (Å²) in [6, 6.07) is 2.13. The normalized spacial score (nSPS) is 10.0. The fourth-order valence-corrected chi connectivity index (χ4v) is 1.32. The number of nitrogens with zero attached hydrogens (tertiary/aromatic N) is 2. The SMILES string of the molecule is CCN(CCCCC#N)CCC(=O)OC. The summed E-state index contributed by atoms with van der Waals surface area (Å²) in [4.78, 5) is 13.1. The first kappa shape index (κ1) is 13.9. The number of nitriles is 1.